The van der Waals surface area contributed by atoms with Crippen molar-refractivity contribution in [2.24, 2.45) is 0 Å². The number of carbonyl (C=O) groups is 1. The van der Waals surface area contributed by atoms with Gasteiger partial charge < -0.3 is 0 Å². The topological polar surface area (TPSA) is 93.4 Å². The predicted molar refractivity (Wildman–Crippen MR) is 94.0 cm³/mol. The quantitative estimate of drug-likeness (QED) is 0.527. The SMILES string of the molecule is C=CC(=O)n1c2ccccc2c2cc(C(C#N)=C(C#N)C#N)ccc21. The van der Waals surface area contributed by atoms with E-state index >= 15 is 0 Å². The molecule has 0 atom stereocenters. The highest BCUT2D eigenvalue weighted by molar-refractivity contribution is 6.15. The Hall–Kier alpha value is -4.14. The van der Waals surface area contributed by atoms with Crippen LogP contribution in [0.1, 0.15) is 10.4 Å². The molecule has 0 amide bonds. The first-order valence-electron chi connectivity index (χ1n) is 7.31. The zero-order chi connectivity index (χ0) is 18.0. The molecule has 3 aromatic rings. The smallest absolute Gasteiger partial charge is 0.254 e. The van der Waals surface area contributed by atoms with Gasteiger partial charge in [0.2, 0.25) is 0 Å². The molecule has 5 heteroatoms. The molecule has 0 unspecified atom stereocenters. The van der Waals surface area contributed by atoms with Crippen LogP contribution in [0.3, 0.4) is 0 Å². The van der Waals surface area contributed by atoms with E-state index in [2.05, 4.69) is 6.58 Å². The van der Waals surface area contributed by atoms with Crippen molar-refractivity contribution in [1.82, 2.24) is 4.57 Å². The summed E-state index contributed by atoms with van der Waals surface area (Å²) in [5.41, 5.74) is 1.62. The van der Waals surface area contributed by atoms with Crippen molar-refractivity contribution in [2.45, 2.75) is 0 Å². The van der Waals surface area contributed by atoms with Gasteiger partial charge in [-0.05, 0) is 29.8 Å². The minimum atomic E-state index is -0.260. The summed E-state index contributed by atoms with van der Waals surface area (Å²) in [6.07, 6.45) is 1.24. The molecule has 1 aromatic heterocycles. The van der Waals surface area contributed by atoms with Crippen LogP contribution in [0.5, 0.6) is 0 Å². The number of rotatable bonds is 2. The summed E-state index contributed by atoms with van der Waals surface area (Å²) in [6, 6.07) is 17.8. The summed E-state index contributed by atoms with van der Waals surface area (Å²) < 4.78 is 1.55. The largest absolute Gasteiger partial charge is 0.276 e. The van der Waals surface area contributed by atoms with Crippen molar-refractivity contribution in [3.8, 4) is 18.2 Å². The van der Waals surface area contributed by atoms with Gasteiger partial charge in [-0.1, -0.05) is 30.8 Å². The number of benzene rings is 2. The van der Waals surface area contributed by atoms with Crippen molar-refractivity contribution in [1.29, 1.82) is 15.8 Å². The van der Waals surface area contributed by atoms with Crippen molar-refractivity contribution in [3.63, 3.8) is 0 Å². The highest BCUT2D eigenvalue weighted by Crippen LogP contribution is 2.31. The number of hydrogen-bond donors (Lipinski definition) is 0. The zero-order valence-corrected chi connectivity index (χ0v) is 13.0. The first-order chi connectivity index (χ1) is 12.2. The summed E-state index contributed by atoms with van der Waals surface area (Å²) in [5, 5.41) is 29.0. The van der Waals surface area contributed by atoms with Crippen molar-refractivity contribution in [3.05, 3.63) is 66.3 Å². The van der Waals surface area contributed by atoms with Crippen LogP contribution in [0.25, 0.3) is 27.4 Å². The van der Waals surface area contributed by atoms with Crippen molar-refractivity contribution >= 4 is 33.3 Å². The minimum Gasteiger partial charge on any atom is -0.276 e. The van der Waals surface area contributed by atoms with E-state index in [0.29, 0.717) is 11.1 Å². The number of fused-ring (bicyclic) bond motifs is 3. The van der Waals surface area contributed by atoms with Gasteiger partial charge >= 0.3 is 0 Å². The van der Waals surface area contributed by atoms with Crippen LogP contribution < -0.4 is 0 Å². The molecule has 0 fully saturated rings. The predicted octanol–water partition coefficient (Wildman–Crippen LogP) is 3.95. The lowest BCUT2D eigenvalue weighted by atomic mass is 10.00. The molecule has 0 aliphatic heterocycles. The van der Waals surface area contributed by atoms with E-state index < -0.39 is 0 Å². The molecule has 1 heterocycles. The maximum atomic E-state index is 12.3. The third kappa shape index (κ3) is 2.36. The molecule has 0 saturated carbocycles. The average molecular weight is 322 g/mol. The summed E-state index contributed by atoms with van der Waals surface area (Å²) in [6.45, 7) is 3.54. The number of hydrogen-bond acceptors (Lipinski definition) is 4. The van der Waals surface area contributed by atoms with E-state index in [0.717, 1.165) is 16.3 Å². The fourth-order valence-electron chi connectivity index (χ4n) is 2.86. The second kappa shape index (κ2) is 6.16. The summed E-state index contributed by atoms with van der Waals surface area (Å²) in [7, 11) is 0. The number of carbonyl (C=O) groups excluding carboxylic acids is 1. The fourth-order valence-corrected chi connectivity index (χ4v) is 2.86. The molecule has 25 heavy (non-hydrogen) atoms. The van der Waals surface area contributed by atoms with Gasteiger partial charge in [0.1, 0.15) is 23.8 Å². The molecule has 0 bridgehead atoms. The van der Waals surface area contributed by atoms with Crippen molar-refractivity contribution in [2.75, 3.05) is 0 Å². The Balaban J connectivity index is 2.44. The third-order valence-corrected chi connectivity index (χ3v) is 3.94. The van der Waals surface area contributed by atoms with E-state index in [1.165, 1.54) is 6.08 Å². The second-order valence-corrected chi connectivity index (χ2v) is 5.21. The first kappa shape index (κ1) is 15.7. The summed E-state index contributed by atoms with van der Waals surface area (Å²) in [4.78, 5) is 12.3. The molecule has 5 nitrogen and oxygen atoms in total. The van der Waals surface area contributed by atoms with E-state index in [-0.39, 0.29) is 17.1 Å². The monoisotopic (exact) mass is 322 g/mol. The van der Waals surface area contributed by atoms with Crippen LogP contribution in [0.15, 0.2) is 60.7 Å². The van der Waals surface area contributed by atoms with Crippen molar-refractivity contribution < 1.29 is 4.79 Å². The lowest BCUT2D eigenvalue weighted by Crippen LogP contribution is -2.05. The van der Waals surface area contributed by atoms with Crippen LogP contribution in [0.2, 0.25) is 0 Å². The Morgan fingerprint density at radius 3 is 2.28 bits per heavy atom. The van der Waals surface area contributed by atoms with Gasteiger partial charge in [0.15, 0.2) is 0 Å². The highest BCUT2D eigenvalue weighted by atomic mass is 16.1. The lowest BCUT2D eigenvalue weighted by Gasteiger charge is -2.03. The molecular weight excluding hydrogens is 312 g/mol. The summed E-state index contributed by atoms with van der Waals surface area (Å²) in [5.74, 6) is -0.260. The Bertz CT molecular complexity index is 1190. The van der Waals surface area contributed by atoms with Gasteiger partial charge in [-0.15, -0.1) is 0 Å². The van der Waals surface area contributed by atoms with Gasteiger partial charge in [0, 0.05) is 10.8 Å². The molecule has 0 N–H and O–H groups in total. The van der Waals surface area contributed by atoms with Gasteiger partial charge in [-0.25, -0.2) is 0 Å². The number of nitrogens with zero attached hydrogens (tertiary/aromatic N) is 4. The van der Waals surface area contributed by atoms with E-state index in [9.17, 15) is 10.1 Å². The second-order valence-electron chi connectivity index (χ2n) is 5.21. The number of para-hydroxylation sites is 1. The van der Waals surface area contributed by atoms with E-state index in [4.69, 9.17) is 10.5 Å². The van der Waals surface area contributed by atoms with Crippen LogP contribution in [0.4, 0.5) is 0 Å². The Morgan fingerprint density at radius 2 is 1.64 bits per heavy atom. The number of nitriles is 3. The lowest BCUT2D eigenvalue weighted by molar-refractivity contribution is 0.0978. The Kier molecular flexibility index (Phi) is 3.88. The Morgan fingerprint density at radius 1 is 0.960 bits per heavy atom. The first-order valence-corrected chi connectivity index (χ1v) is 7.31. The van der Waals surface area contributed by atoms with E-state index in [1.54, 1.807) is 34.9 Å². The van der Waals surface area contributed by atoms with Gasteiger partial charge in [-0.2, -0.15) is 15.8 Å². The van der Waals surface area contributed by atoms with Gasteiger partial charge in [-0.3, -0.25) is 9.36 Å². The van der Waals surface area contributed by atoms with Crippen LogP contribution in [-0.2, 0) is 0 Å². The maximum absolute atomic E-state index is 12.3. The van der Waals surface area contributed by atoms with Crippen LogP contribution >= 0.6 is 0 Å². The molecule has 3 rings (SSSR count). The molecule has 0 saturated heterocycles. The van der Waals surface area contributed by atoms with E-state index in [1.807, 2.05) is 30.3 Å². The minimum absolute atomic E-state index is 0.0128. The standard InChI is InChI=1S/C20H10N4O/c1-2-20(25)24-18-6-4-3-5-15(18)16-9-13(7-8-19(16)24)17(12-23)14(10-21)11-22/h2-9H,1H2. The summed E-state index contributed by atoms with van der Waals surface area (Å²) >= 11 is 0. The molecule has 2 aromatic carbocycles. The average Bonchev–Trinajstić information content (AvgIpc) is 2.99. The molecule has 0 aliphatic rings. The highest BCUT2D eigenvalue weighted by Gasteiger charge is 2.16. The molecule has 0 aliphatic carbocycles. The third-order valence-electron chi connectivity index (χ3n) is 3.94. The maximum Gasteiger partial charge on any atom is 0.254 e. The molecule has 0 radical (unpaired) electrons. The fraction of sp³-hybridized carbons (Fsp3) is 0. The van der Waals surface area contributed by atoms with Crippen LogP contribution in [-0.4, -0.2) is 10.5 Å². The molecule has 0 spiro atoms. The van der Waals surface area contributed by atoms with Gasteiger partial charge in [0.25, 0.3) is 5.91 Å². The van der Waals surface area contributed by atoms with Gasteiger partial charge in [0.05, 0.1) is 16.6 Å². The van der Waals surface area contributed by atoms with Crippen LogP contribution in [0, 0.1) is 34.0 Å². The zero-order valence-electron chi connectivity index (χ0n) is 13.0. The number of allylic oxidation sites excluding steroid dienone is 3. The molecular formula is C20H10N4O. The molecule has 116 valence electrons. The number of aromatic nitrogens is 1. The Labute approximate surface area is 143 Å². The normalized spacial score (nSPS) is 9.80.